The van der Waals surface area contributed by atoms with Crippen LogP contribution >= 0.6 is 0 Å². The highest BCUT2D eigenvalue weighted by Gasteiger charge is 2.30. The number of amides is 2. The van der Waals surface area contributed by atoms with Crippen molar-refractivity contribution in [3.63, 3.8) is 0 Å². The molecule has 0 unspecified atom stereocenters. The summed E-state index contributed by atoms with van der Waals surface area (Å²) in [5, 5.41) is 6.35. The maximum Gasteiger partial charge on any atom is 0.239 e. The summed E-state index contributed by atoms with van der Waals surface area (Å²) in [5.41, 5.74) is 0. The van der Waals surface area contributed by atoms with Crippen molar-refractivity contribution < 1.29 is 9.59 Å². The van der Waals surface area contributed by atoms with Gasteiger partial charge in [0.25, 0.3) is 0 Å². The quantitative estimate of drug-likeness (QED) is 0.752. The lowest BCUT2D eigenvalue weighted by Crippen LogP contribution is -2.47. The Morgan fingerprint density at radius 3 is 2.74 bits per heavy atom. The molecule has 0 radical (unpaired) electrons. The van der Waals surface area contributed by atoms with Crippen molar-refractivity contribution in [1.29, 1.82) is 0 Å². The molecule has 0 aromatic heterocycles. The van der Waals surface area contributed by atoms with Gasteiger partial charge in [-0.15, -0.1) is 0 Å². The van der Waals surface area contributed by atoms with Gasteiger partial charge in [0.05, 0.1) is 6.54 Å². The van der Waals surface area contributed by atoms with E-state index in [4.69, 9.17) is 0 Å². The number of rotatable bonds is 7. The third kappa shape index (κ3) is 5.79. The van der Waals surface area contributed by atoms with Crippen molar-refractivity contribution in [3.05, 3.63) is 0 Å². The second kappa shape index (κ2) is 9.26. The number of likely N-dealkylation sites (tertiary alicyclic amines) is 1. The van der Waals surface area contributed by atoms with E-state index >= 15 is 0 Å². The Balaban J connectivity index is 1.76. The monoisotopic (exact) mass is 323 g/mol. The maximum atomic E-state index is 12.6. The van der Waals surface area contributed by atoms with Crippen LogP contribution in [-0.4, -0.2) is 48.9 Å². The predicted octanol–water partition coefficient (Wildman–Crippen LogP) is 1.92. The minimum Gasteiger partial charge on any atom is -0.352 e. The van der Waals surface area contributed by atoms with Crippen molar-refractivity contribution in [1.82, 2.24) is 15.5 Å². The SMILES string of the molecule is CC[C@@H](C)NC(=O)CN1CCC[C@@H](CCC2CCNCC2)C1=O. The Labute approximate surface area is 140 Å². The summed E-state index contributed by atoms with van der Waals surface area (Å²) in [4.78, 5) is 26.4. The lowest BCUT2D eigenvalue weighted by atomic mass is 9.86. The summed E-state index contributed by atoms with van der Waals surface area (Å²) in [5.74, 6) is 1.08. The molecule has 2 aliphatic heterocycles. The van der Waals surface area contributed by atoms with Gasteiger partial charge in [-0.25, -0.2) is 0 Å². The molecule has 2 atom stereocenters. The molecular weight excluding hydrogens is 290 g/mol. The molecule has 132 valence electrons. The van der Waals surface area contributed by atoms with E-state index in [1.54, 1.807) is 4.90 Å². The van der Waals surface area contributed by atoms with Crippen LogP contribution in [0.2, 0.25) is 0 Å². The molecule has 2 heterocycles. The Kier molecular flexibility index (Phi) is 7.34. The highest BCUT2D eigenvalue weighted by atomic mass is 16.2. The molecule has 5 heteroatoms. The first-order valence-electron chi connectivity index (χ1n) is 9.39. The zero-order valence-electron chi connectivity index (χ0n) is 14.8. The number of carbonyl (C=O) groups is 2. The molecule has 2 saturated heterocycles. The van der Waals surface area contributed by atoms with Gasteiger partial charge in [0.2, 0.25) is 11.8 Å². The van der Waals surface area contributed by atoms with Gasteiger partial charge in [0.1, 0.15) is 0 Å². The highest BCUT2D eigenvalue weighted by molar-refractivity contribution is 5.86. The predicted molar refractivity (Wildman–Crippen MR) is 92.0 cm³/mol. The van der Waals surface area contributed by atoms with Gasteiger partial charge in [-0.05, 0) is 70.9 Å². The number of nitrogens with zero attached hydrogens (tertiary/aromatic N) is 1. The minimum absolute atomic E-state index is 0.0216. The second-order valence-electron chi connectivity index (χ2n) is 7.25. The van der Waals surface area contributed by atoms with Gasteiger partial charge < -0.3 is 15.5 Å². The van der Waals surface area contributed by atoms with E-state index in [1.807, 2.05) is 13.8 Å². The summed E-state index contributed by atoms with van der Waals surface area (Å²) < 4.78 is 0. The summed E-state index contributed by atoms with van der Waals surface area (Å²) in [6.45, 7) is 7.24. The van der Waals surface area contributed by atoms with Crippen LogP contribution in [0.3, 0.4) is 0 Å². The first-order chi connectivity index (χ1) is 11.1. The smallest absolute Gasteiger partial charge is 0.239 e. The summed E-state index contributed by atoms with van der Waals surface area (Å²) in [6.07, 6.45) is 7.56. The molecule has 2 fully saturated rings. The van der Waals surface area contributed by atoms with Crippen molar-refractivity contribution in [3.8, 4) is 0 Å². The lowest BCUT2D eigenvalue weighted by Gasteiger charge is -2.33. The highest BCUT2D eigenvalue weighted by Crippen LogP contribution is 2.27. The van der Waals surface area contributed by atoms with Gasteiger partial charge in [-0.3, -0.25) is 9.59 Å². The van der Waals surface area contributed by atoms with Crippen LogP contribution in [0.5, 0.6) is 0 Å². The molecular formula is C18H33N3O2. The third-order valence-corrected chi connectivity index (χ3v) is 5.38. The van der Waals surface area contributed by atoms with Crippen molar-refractivity contribution >= 4 is 11.8 Å². The zero-order valence-corrected chi connectivity index (χ0v) is 14.8. The summed E-state index contributed by atoms with van der Waals surface area (Å²) in [7, 11) is 0. The maximum absolute atomic E-state index is 12.6. The molecule has 2 rings (SSSR count). The lowest BCUT2D eigenvalue weighted by molar-refractivity contribution is -0.142. The fourth-order valence-electron chi connectivity index (χ4n) is 3.65. The van der Waals surface area contributed by atoms with Gasteiger partial charge in [-0.2, -0.15) is 0 Å². The summed E-state index contributed by atoms with van der Waals surface area (Å²) >= 11 is 0. The Bertz CT molecular complexity index is 394. The first kappa shape index (κ1) is 18.2. The molecule has 0 spiro atoms. The van der Waals surface area contributed by atoms with Gasteiger partial charge >= 0.3 is 0 Å². The normalized spacial score (nSPS) is 24.5. The van der Waals surface area contributed by atoms with Crippen LogP contribution in [-0.2, 0) is 9.59 Å². The molecule has 5 nitrogen and oxygen atoms in total. The van der Waals surface area contributed by atoms with E-state index in [1.165, 1.54) is 12.8 Å². The number of carbonyl (C=O) groups excluding carboxylic acids is 2. The van der Waals surface area contributed by atoms with Crippen LogP contribution in [0.25, 0.3) is 0 Å². The molecule has 2 amide bonds. The van der Waals surface area contributed by atoms with Crippen LogP contribution < -0.4 is 10.6 Å². The second-order valence-corrected chi connectivity index (χ2v) is 7.25. The van der Waals surface area contributed by atoms with Crippen molar-refractivity contribution in [2.45, 2.75) is 64.8 Å². The minimum atomic E-state index is -0.0216. The fraction of sp³-hybridized carbons (Fsp3) is 0.889. The number of hydrogen-bond acceptors (Lipinski definition) is 3. The molecule has 0 aliphatic carbocycles. The van der Waals surface area contributed by atoms with E-state index in [0.717, 1.165) is 57.7 Å². The topological polar surface area (TPSA) is 61.4 Å². The largest absolute Gasteiger partial charge is 0.352 e. The van der Waals surface area contributed by atoms with Crippen LogP contribution in [0, 0.1) is 11.8 Å². The van der Waals surface area contributed by atoms with Gasteiger partial charge in [0, 0.05) is 18.5 Å². The fourth-order valence-corrected chi connectivity index (χ4v) is 3.65. The Hall–Kier alpha value is -1.10. The number of piperidine rings is 2. The number of hydrogen-bond donors (Lipinski definition) is 2. The molecule has 23 heavy (non-hydrogen) atoms. The Morgan fingerprint density at radius 2 is 2.04 bits per heavy atom. The van der Waals surface area contributed by atoms with E-state index in [2.05, 4.69) is 10.6 Å². The first-order valence-corrected chi connectivity index (χ1v) is 9.39. The van der Waals surface area contributed by atoms with E-state index < -0.39 is 0 Å². The summed E-state index contributed by atoms with van der Waals surface area (Å²) in [6, 6.07) is 0.179. The van der Waals surface area contributed by atoms with E-state index in [0.29, 0.717) is 0 Å². The molecule has 0 saturated carbocycles. The molecule has 0 aromatic carbocycles. The average molecular weight is 323 g/mol. The van der Waals surface area contributed by atoms with Crippen LogP contribution in [0.1, 0.15) is 58.8 Å². The van der Waals surface area contributed by atoms with Crippen LogP contribution in [0.15, 0.2) is 0 Å². The standard InChI is InChI=1S/C18H33N3O2/c1-3-14(2)20-17(22)13-21-12-4-5-16(18(21)23)7-6-15-8-10-19-11-9-15/h14-16,19H,3-13H2,1-2H3,(H,20,22)/t14-,16+/m1/s1. The van der Waals surface area contributed by atoms with Gasteiger partial charge in [0.15, 0.2) is 0 Å². The van der Waals surface area contributed by atoms with E-state index in [9.17, 15) is 9.59 Å². The van der Waals surface area contributed by atoms with E-state index in [-0.39, 0.29) is 30.3 Å². The Morgan fingerprint density at radius 1 is 1.30 bits per heavy atom. The third-order valence-electron chi connectivity index (χ3n) is 5.38. The van der Waals surface area contributed by atoms with Crippen molar-refractivity contribution in [2.24, 2.45) is 11.8 Å². The zero-order chi connectivity index (χ0) is 16.7. The molecule has 2 aliphatic rings. The molecule has 0 aromatic rings. The van der Waals surface area contributed by atoms with Crippen molar-refractivity contribution in [2.75, 3.05) is 26.2 Å². The number of nitrogens with one attached hydrogen (secondary N) is 2. The average Bonchev–Trinajstić information content (AvgIpc) is 2.56. The molecule has 0 bridgehead atoms. The van der Waals surface area contributed by atoms with Crippen LogP contribution in [0.4, 0.5) is 0 Å². The van der Waals surface area contributed by atoms with Gasteiger partial charge in [-0.1, -0.05) is 6.92 Å². The molecule has 2 N–H and O–H groups in total.